The smallest absolute Gasteiger partial charge is 0.228 e. The van der Waals surface area contributed by atoms with Crippen molar-refractivity contribution in [1.82, 2.24) is 4.98 Å². The predicted molar refractivity (Wildman–Crippen MR) is 96.1 cm³/mol. The molecule has 0 spiro atoms. The molecule has 4 nitrogen and oxygen atoms in total. The largest absolute Gasteiger partial charge is 0.497 e. The van der Waals surface area contributed by atoms with E-state index in [2.05, 4.69) is 26.2 Å². The van der Waals surface area contributed by atoms with Crippen LogP contribution in [-0.4, -0.2) is 18.0 Å². The molecule has 0 saturated heterocycles. The monoisotopic (exact) mass is 372 g/mol. The average molecular weight is 373 g/mol. The molecule has 0 unspecified atom stereocenters. The zero-order chi connectivity index (χ0) is 16.4. The summed E-state index contributed by atoms with van der Waals surface area (Å²) in [4.78, 5) is 15.7. The van der Waals surface area contributed by atoms with Crippen molar-refractivity contribution in [3.05, 3.63) is 58.2 Å². The van der Waals surface area contributed by atoms with Crippen molar-refractivity contribution in [3.63, 3.8) is 0 Å². The highest BCUT2D eigenvalue weighted by molar-refractivity contribution is 9.10. The van der Waals surface area contributed by atoms with Crippen LogP contribution in [0.1, 0.15) is 11.3 Å². The highest BCUT2D eigenvalue weighted by atomic mass is 79.9. The minimum absolute atomic E-state index is 0.0425. The number of aryl methyl sites for hydroxylation is 1. The third-order valence-corrected chi connectivity index (χ3v) is 4.29. The summed E-state index contributed by atoms with van der Waals surface area (Å²) in [5.41, 5.74) is 3.84. The lowest BCUT2D eigenvalue weighted by molar-refractivity contribution is -0.115. The molecule has 0 atom stereocenters. The standard InChI is InChI=1S/C18H17BrN2O2/c1-11-15(16-9-12(19)3-8-17(16)20-11)10-18(22)21-13-4-6-14(23-2)7-5-13/h3-9,20H,10H2,1-2H3,(H,21,22). The number of hydrogen-bond donors (Lipinski definition) is 2. The van der Waals surface area contributed by atoms with Crippen molar-refractivity contribution in [1.29, 1.82) is 0 Å². The lowest BCUT2D eigenvalue weighted by atomic mass is 10.1. The molecule has 0 aliphatic rings. The minimum Gasteiger partial charge on any atom is -0.497 e. The van der Waals surface area contributed by atoms with E-state index in [9.17, 15) is 4.79 Å². The molecule has 1 amide bonds. The van der Waals surface area contributed by atoms with Gasteiger partial charge in [-0.25, -0.2) is 0 Å². The van der Waals surface area contributed by atoms with E-state index in [0.717, 1.165) is 38.1 Å². The minimum atomic E-state index is -0.0425. The van der Waals surface area contributed by atoms with Crippen LogP contribution in [0.2, 0.25) is 0 Å². The summed E-state index contributed by atoms with van der Waals surface area (Å²) in [6, 6.07) is 13.3. The summed E-state index contributed by atoms with van der Waals surface area (Å²) in [5, 5.41) is 3.99. The van der Waals surface area contributed by atoms with Crippen molar-refractivity contribution in [2.24, 2.45) is 0 Å². The number of methoxy groups -OCH3 is 1. The van der Waals surface area contributed by atoms with Crippen LogP contribution in [0.4, 0.5) is 5.69 Å². The Balaban J connectivity index is 1.79. The molecule has 0 saturated carbocycles. The number of amides is 1. The number of anilines is 1. The second kappa shape index (κ2) is 6.46. The van der Waals surface area contributed by atoms with Gasteiger partial charge in [0, 0.05) is 26.8 Å². The van der Waals surface area contributed by atoms with Gasteiger partial charge in [-0.15, -0.1) is 0 Å². The maximum absolute atomic E-state index is 12.3. The molecule has 0 aliphatic heterocycles. The van der Waals surface area contributed by atoms with Crippen molar-refractivity contribution in [3.8, 4) is 5.75 Å². The van der Waals surface area contributed by atoms with Gasteiger partial charge in [-0.1, -0.05) is 15.9 Å². The Labute approximate surface area is 143 Å². The number of rotatable bonds is 4. The zero-order valence-corrected chi connectivity index (χ0v) is 14.5. The number of aromatic nitrogens is 1. The molecule has 2 aromatic carbocycles. The number of ether oxygens (including phenoxy) is 1. The van der Waals surface area contributed by atoms with E-state index >= 15 is 0 Å². The van der Waals surface area contributed by atoms with Gasteiger partial charge in [0.1, 0.15) is 5.75 Å². The maximum Gasteiger partial charge on any atom is 0.228 e. The van der Waals surface area contributed by atoms with Gasteiger partial charge in [0.05, 0.1) is 13.5 Å². The molecule has 1 heterocycles. The van der Waals surface area contributed by atoms with Crippen LogP contribution in [0.3, 0.4) is 0 Å². The van der Waals surface area contributed by atoms with Gasteiger partial charge in [-0.2, -0.15) is 0 Å². The first kappa shape index (κ1) is 15.6. The van der Waals surface area contributed by atoms with E-state index in [1.165, 1.54) is 0 Å². The number of hydrogen-bond acceptors (Lipinski definition) is 2. The summed E-state index contributed by atoms with van der Waals surface area (Å²) in [6.07, 6.45) is 0.328. The number of fused-ring (bicyclic) bond motifs is 1. The lowest BCUT2D eigenvalue weighted by Crippen LogP contribution is -2.14. The van der Waals surface area contributed by atoms with Gasteiger partial charge in [-0.3, -0.25) is 4.79 Å². The van der Waals surface area contributed by atoms with Gasteiger partial charge in [0.15, 0.2) is 0 Å². The van der Waals surface area contributed by atoms with Crippen LogP contribution in [0.25, 0.3) is 10.9 Å². The third kappa shape index (κ3) is 3.40. The lowest BCUT2D eigenvalue weighted by Gasteiger charge is -2.07. The molecule has 3 aromatic rings. The van der Waals surface area contributed by atoms with Crippen molar-refractivity contribution < 1.29 is 9.53 Å². The predicted octanol–water partition coefficient (Wildman–Crippen LogP) is 4.43. The van der Waals surface area contributed by atoms with Crippen LogP contribution in [-0.2, 0) is 11.2 Å². The first-order valence-electron chi connectivity index (χ1n) is 7.27. The number of benzene rings is 2. The summed E-state index contributed by atoms with van der Waals surface area (Å²) in [6.45, 7) is 1.99. The molecule has 0 fully saturated rings. The molecule has 0 radical (unpaired) electrons. The molecule has 3 rings (SSSR count). The van der Waals surface area contributed by atoms with Crippen LogP contribution in [0, 0.1) is 6.92 Å². The molecule has 0 bridgehead atoms. The van der Waals surface area contributed by atoms with Crippen molar-refractivity contribution in [2.45, 2.75) is 13.3 Å². The SMILES string of the molecule is COc1ccc(NC(=O)Cc2c(C)[nH]c3ccc(Br)cc23)cc1. The Morgan fingerprint density at radius 2 is 1.96 bits per heavy atom. The van der Waals surface area contributed by atoms with E-state index in [0.29, 0.717) is 6.42 Å². The fourth-order valence-electron chi connectivity index (χ4n) is 2.62. The Morgan fingerprint density at radius 1 is 1.22 bits per heavy atom. The number of H-pyrrole nitrogens is 1. The summed E-state index contributed by atoms with van der Waals surface area (Å²) < 4.78 is 6.11. The van der Waals surface area contributed by atoms with E-state index < -0.39 is 0 Å². The second-order valence-corrected chi connectivity index (χ2v) is 6.29. The third-order valence-electron chi connectivity index (χ3n) is 3.79. The highest BCUT2D eigenvalue weighted by Gasteiger charge is 2.13. The van der Waals surface area contributed by atoms with Gasteiger partial charge in [0.25, 0.3) is 0 Å². The number of carbonyl (C=O) groups is 1. The number of nitrogens with one attached hydrogen (secondary N) is 2. The molecule has 118 valence electrons. The molecular formula is C18H17BrN2O2. The second-order valence-electron chi connectivity index (χ2n) is 5.37. The van der Waals surface area contributed by atoms with Crippen LogP contribution >= 0.6 is 15.9 Å². The molecule has 23 heavy (non-hydrogen) atoms. The Hall–Kier alpha value is -2.27. The highest BCUT2D eigenvalue weighted by Crippen LogP contribution is 2.26. The fraction of sp³-hybridized carbons (Fsp3) is 0.167. The van der Waals surface area contributed by atoms with E-state index in [1.807, 2.05) is 49.4 Å². The van der Waals surface area contributed by atoms with E-state index in [-0.39, 0.29) is 5.91 Å². The number of carbonyl (C=O) groups excluding carboxylic acids is 1. The Bertz CT molecular complexity index is 853. The molecule has 2 N–H and O–H groups in total. The normalized spacial score (nSPS) is 10.7. The van der Waals surface area contributed by atoms with Crippen LogP contribution in [0.15, 0.2) is 46.9 Å². The topological polar surface area (TPSA) is 54.1 Å². The zero-order valence-electron chi connectivity index (χ0n) is 12.9. The number of halogens is 1. The van der Waals surface area contributed by atoms with Crippen LogP contribution < -0.4 is 10.1 Å². The summed E-state index contributed by atoms with van der Waals surface area (Å²) in [7, 11) is 1.62. The molecule has 1 aromatic heterocycles. The molecule has 5 heteroatoms. The van der Waals surface area contributed by atoms with Crippen molar-refractivity contribution in [2.75, 3.05) is 12.4 Å². The fourth-order valence-corrected chi connectivity index (χ4v) is 2.98. The van der Waals surface area contributed by atoms with E-state index in [4.69, 9.17) is 4.74 Å². The van der Waals surface area contributed by atoms with Crippen LogP contribution in [0.5, 0.6) is 5.75 Å². The van der Waals surface area contributed by atoms with Gasteiger partial charge >= 0.3 is 0 Å². The molecular weight excluding hydrogens is 356 g/mol. The average Bonchev–Trinajstić information content (AvgIpc) is 2.84. The molecule has 0 aliphatic carbocycles. The quantitative estimate of drug-likeness (QED) is 0.711. The van der Waals surface area contributed by atoms with Gasteiger partial charge in [-0.05, 0) is 55.0 Å². The summed E-state index contributed by atoms with van der Waals surface area (Å²) in [5.74, 6) is 0.722. The Morgan fingerprint density at radius 3 is 2.65 bits per heavy atom. The first-order valence-corrected chi connectivity index (χ1v) is 8.06. The Kier molecular flexibility index (Phi) is 4.39. The summed E-state index contributed by atoms with van der Waals surface area (Å²) >= 11 is 3.48. The van der Waals surface area contributed by atoms with Crippen molar-refractivity contribution >= 4 is 38.4 Å². The number of aromatic amines is 1. The first-order chi connectivity index (χ1) is 11.1. The van der Waals surface area contributed by atoms with Gasteiger partial charge < -0.3 is 15.0 Å². The van der Waals surface area contributed by atoms with Gasteiger partial charge in [0.2, 0.25) is 5.91 Å². The maximum atomic E-state index is 12.3. The van der Waals surface area contributed by atoms with E-state index in [1.54, 1.807) is 7.11 Å².